The van der Waals surface area contributed by atoms with E-state index in [-0.39, 0.29) is 11.8 Å². The number of benzene rings is 2. The maximum atomic E-state index is 12.3. The van der Waals surface area contributed by atoms with E-state index in [0.717, 1.165) is 28.4 Å². The van der Waals surface area contributed by atoms with Crippen molar-refractivity contribution in [3.8, 4) is 17.2 Å². The Labute approximate surface area is 151 Å². The number of carbonyl (C=O) groups excluding carboxylic acids is 1. The maximum absolute atomic E-state index is 12.3. The number of aromatic nitrogens is 2. The van der Waals surface area contributed by atoms with E-state index in [1.54, 1.807) is 20.5 Å². The van der Waals surface area contributed by atoms with E-state index >= 15 is 0 Å². The molecule has 2 aromatic carbocycles. The number of ether oxygens (including phenoxy) is 2. The first-order chi connectivity index (χ1) is 12.7. The Morgan fingerprint density at radius 1 is 1.08 bits per heavy atom. The fourth-order valence-electron chi connectivity index (χ4n) is 3.27. The fraction of sp³-hybridized carbons (Fsp3) is 0.200. The molecule has 1 N–H and O–H groups in total. The molecule has 0 saturated heterocycles. The number of amides is 1. The molecule has 0 spiro atoms. The minimum absolute atomic E-state index is 0.0250. The zero-order valence-corrected chi connectivity index (χ0v) is 14.6. The summed E-state index contributed by atoms with van der Waals surface area (Å²) in [5, 5.41) is 2.96. The van der Waals surface area contributed by atoms with Crippen molar-refractivity contribution < 1.29 is 14.3 Å². The molecule has 4 rings (SSSR count). The minimum Gasteiger partial charge on any atom is -0.497 e. The van der Waals surface area contributed by atoms with Crippen molar-refractivity contribution in [1.82, 2.24) is 9.55 Å². The first-order valence-electron chi connectivity index (χ1n) is 8.35. The minimum atomic E-state index is -0.0866. The average Bonchev–Trinajstić information content (AvgIpc) is 3.11. The molecule has 6 nitrogen and oxygen atoms in total. The third-order valence-corrected chi connectivity index (χ3v) is 4.62. The first-order valence-corrected chi connectivity index (χ1v) is 8.35. The largest absolute Gasteiger partial charge is 0.497 e. The van der Waals surface area contributed by atoms with E-state index in [2.05, 4.69) is 10.3 Å². The number of hydrogen-bond acceptors (Lipinski definition) is 4. The Bertz CT molecular complexity index is 947. The summed E-state index contributed by atoms with van der Waals surface area (Å²) in [5.41, 5.74) is 2.78. The molecule has 132 valence electrons. The average molecular weight is 349 g/mol. The Morgan fingerprint density at radius 2 is 1.85 bits per heavy atom. The number of hydrogen-bond donors (Lipinski definition) is 1. The molecule has 0 fully saturated rings. The Morgan fingerprint density at radius 3 is 2.58 bits per heavy atom. The molecule has 0 saturated carbocycles. The quantitative estimate of drug-likeness (QED) is 0.784. The van der Waals surface area contributed by atoms with Gasteiger partial charge < -0.3 is 14.8 Å². The summed E-state index contributed by atoms with van der Waals surface area (Å²) in [5.74, 6) is 2.13. The van der Waals surface area contributed by atoms with Crippen LogP contribution in [0.25, 0.3) is 5.69 Å². The van der Waals surface area contributed by atoms with Gasteiger partial charge >= 0.3 is 0 Å². The van der Waals surface area contributed by atoms with Crippen LogP contribution in [0.5, 0.6) is 11.5 Å². The molecule has 1 amide bonds. The van der Waals surface area contributed by atoms with Gasteiger partial charge in [0.25, 0.3) is 0 Å². The van der Waals surface area contributed by atoms with Crippen molar-refractivity contribution in [2.24, 2.45) is 0 Å². The lowest BCUT2D eigenvalue weighted by atomic mass is 9.90. The van der Waals surface area contributed by atoms with E-state index in [4.69, 9.17) is 9.47 Å². The van der Waals surface area contributed by atoms with Crippen LogP contribution in [0.2, 0.25) is 0 Å². The zero-order valence-electron chi connectivity index (χ0n) is 14.6. The zero-order chi connectivity index (χ0) is 18.1. The molecule has 1 unspecified atom stereocenters. The van der Waals surface area contributed by atoms with Crippen LogP contribution in [0.1, 0.15) is 23.6 Å². The Kier molecular flexibility index (Phi) is 4.08. The van der Waals surface area contributed by atoms with Gasteiger partial charge in [0.05, 0.1) is 25.6 Å². The highest BCUT2D eigenvalue weighted by Crippen LogP contribution is 2.38. The normalized spacial score (nSPS) is 15.9. The van der Waals surface area contributed by atoms with Crippen LogP contribution < -0.4 is 14.8 Å². The summed E-state index contributed by atoms with van der Waals surface area (Å²) >= 11 is 0. The van der Waals surface area contributed by atoms with Crippen molar-refractivity contribution in [2.75, 3.05) is 19.5 Å². The van der Waals surface area contributed by atoms with Gasteiger partial charge in [0.2, 0.25) is 5.91 Å². The number of rotatable bonds is 4. The lowest BCUT2D eigenvalue weighted by Gasteiger charge is -2.23. The molecule has 0 aliphatic carbocycles. The summed E-state index contributed by atoms with van der Waals surface area (Å²) < 4.78 is 12.4. The van der Waals surface area contributed by atoms with Gasteiger partial charge in [-0.3, -0.25) is 9.36 Å². The maximum Gasteiger partial charge on any atom is 0.226 e. The van der Waals surface area contributed by atoms with Gasteiger partial charge in [-0.15, -0.1) is 0 Å². The molecule has 6 heteroatoms. The first kappa shape index (κ1) is 16.2. The van der Waals surface area contributed by atoms with E-state index in [1.165, 1.54) is 0 Å². The number of carbonyl (C=O) groups is 1. The van der Waals surface area contributed by atoms with Crippen molar-refractivity contribution in [1.29, 1.82) is 0 Å². The molecule has 0 radical (unpaired) electrons. The lowest BCUT2D eigenvalue weighted by Crippen LogP contribution is -2.24. The highest BCUT2D eigenvalue weighted by molar-refractivity contribution is 5.94. The third-order valence-electron chi connectivity index (χ3n) is 4.62. The van der Waals surface area contributed by atoms with E-state index in [0.29, 0.717) is 12.2 Å². The lowest BCUT2D eigenvalue weighted by molar-refractivity contribution is -0.116. The van der Waals surface area contributed by atoms with Gasteiger partial charge in [-0.2, -0.15) is 0 Å². The van der Waals surface area contributed by atoms with Gasteiger partial charge in [0, 0.05) is 18.4 Å². The van der Waals surface area contributed by atoms with Gasteiger partial charge in [-0.25, -0.2) is 4.98 Å². The second-order valence-corrected chi connectivity index (χ2v) is 6.13. The molecule has 1 atom stereocenters. The molecular weight excluding hydrogens is 330 g/mol. The summed E-state index contributed by atoms with van der Waals surface area (Å²) in [6.07, 6.45) is 2.11. The summed E-state index contributed by atoms with van der Waals surface area (Å²) in [6, 6.07) is 15.4. The van der Waals surface area contributed by atoms with Crippen LogP contribution in [0.3, 0.4) is 0 Å². The smallest absolute Gasteiger partial charge is 0.226 e. The van der Waals surface area contributed by atoms with Gasteiger partial charge in [0.15, 0.2) is 0 Å². The standard InChI is InChI=1S/C20H19N3O3/c1-25-15-8-6-13(7-9-15)17-11-18(24)22-20-19(17)21-12-23(20)14-4-3-5-16(10-14)26-2/h3-10,12,17H,11H2,1-2H3,(H,22,24). The molecule has 1 aliphatic rings. The Hall–Kier alpha value is -3.28. The third kappa shape index (κ3) is 2.79. The van der Waals surface area contributed by atoms with Crippen LogP contribution in [0.15, 0.2) is 54.9 Å². The van der Waals surface area contributed by atoms with Crippen LogP contribution >= 0.6 is 0 Å². The van der Waals surface area contributed by atoms with Gasteiger partial charge in [-0.05, 0) is 29.8 Å². The second-order valence-electron chi connectivity index (χ2n) is 6.13. The monoisotopic (exact) mass is 349 g/mol. The van der Waals surface area contributed by atoms with Crippen molar-refractivity contribution in [3.63, 3.8) is 0 Å². The predicted molar refractivity (Wildman–Crippen MR) is 98.2 cm³/mol. The van der Waals surface area contributed by atoms with Crippen LogP contribution in [0, 0.1) is 0 Å². The van der Waals surface area contributed by atoms with Gasteiger partial charge in [-0.1, -0.05) is 18.2 Å². The van der Waals surface area contributed by atoms with Crippen molar-refractivity contribution in [2.45, 2.75) is 12.3 Å². The number of methoxy groups -OCH3 is 2. The molecule has 0 bridgehead atoms. The summed E-state index contributed by atoms with van der Waals surface area (Å²) in [4.78, 5) is 16.9. The van der Waals surface area contributed by atoms with Crippen LogP contribution in [-0.2, 0) is 4.79 Å². The highest BCUT2D eigenvalue weighted by atomic mass is 16.5. The number of nitrogens with zero attached hydrogens (tertiary/aromatic N) is 2. The van der Waals surface area contributed by atoms with Gasteiger partial charge in [0.1, 0.15) is 23.6 Å². The molecule has 2 heterocycles. The van der Waals surface area contributed by atoms with Crippen molar-refractivity contribution >= 4 is 11.7 Å². The summed E-state index contributed by atoms with van der Waals surface area (Å²) in [7, 11) is 3.26. The van der Waals surface area contributed by atoms with Crippen LogP contribution in [-0.4, -0.2) is 29.7 Å². The number of anilines is 1. The fourth-order valence-corrected chi connectivity index (χ4v) is 3.27. The number of nitrogens with one attached hydrogen (secondary N) is 1. The van der Waals surface area contributed by atoms with E-state index in [9.17, 15) is 4.79 Å². The summed E-state index contributed by atoms with van der Waals surface area (Å²) in [6.45, 7) is 0. The number of imidazole rings is 1. The molecular formula is C20H19N3O3. The Balaban J connectivity index is 1.76. The van der Waals surface area contributed by atoms with E-state index < -0.39 is 0 Å². The van der Waals surface area contributed by atoms with Crippen LogP contribution in [0.4, 0.5) is 5.82 Å². The molecule has 26 heavy (non-hydrogen) atoms. The number of fused-ring (bicyclic) bond motifs is 1. The highest BCUT2D eigenvalue weighted by Gasteiger charge is 2.31. The SMILES string of the molecule is COc1ccc(C2CC(=O)Nc3c2ncn3-c2cccc(OC)c2)cc1. The second kappa shape index (κ2) is 6.55. The molecule has 1 aromatic heterocycles. The predicted octanol–water partition coefficient (Wildman–Crippen LogP) is 3.36. The topological polar surface area (TPSA) is 65.4 Å². The van der Waals surface area contributed by atoms with Crippen molar-refractivity contribution in [3.05, 3.63) is 66.1 Å². The molecule has 3 aromatic rings. The molecule has 1 aliphatic heterocycles. The van der Waals surface area contributed by atoms with E-state index in [1.807, 2.05) is 53.1 Å².